The summed E-state index contributed by atoms with van der Waals surface area (Å²) in [6.45, 7) is 5.37. The van der Waals surface area contributed by atoms with Gasteiger partial charge in [0.05, 0.1) is 23.6 Å². The van der Waals surface area contributed by atoms with Gasteiger partial charge in [-0.25, -0.2) is 4.79 Å². The zero-order chi connectivity index (χ0) is 18.2. The predicted molar refractivity (Wildman–Crippen MR) is 95.8 cm³/mol. The Bertz CT molecular complexity index is 697. The molecular weight excluding hydrogens is 365 g/mol. The molecule has 0 unspecified atom stereocenters. The topological polar surface area (TPSA) is 55.8 Å². The van der Waals surface area contributed by atoms with Crippen molar-refractivity contribution in [2.24, 2.45) is 5.92 Å². The highest BCUT2D eigenvalue weighted by atomic mass is 35.5. The number of carbonyl (C=O) groups is 2. The van der Waals surface area contributed by atoms with Crippen molar-refractivity contribution in [1.29, 1.82) is 0 Å². The summed E-state index contributed by atoms with van der Waals surface area (Å²) in [5.74, 6) is 0.671. The highest BCUT2D eigenvalue weighted by Crippen LogP contribution is 2.44. The lowest BCUT2D eigenvalue weighted by Gasteiger charge is -2.43. The third-order valence-electron chi connectivity index (χ3n) is 4.58. The first-order valence-corrected chi connectivity index (χ1v) is 9.18. The number of fused-ring (bicyclic) bond motifs is 1. The van der Waals surface area contributed by atoms with Gasteiger partial charge in [0.25, 0.3) is 0 Å². The van der Waals surface area contributed by atoms with E-state index in [0.29, 0.717) is 59.8 Å². The van der Waals surface area contributed by atoms with Gasteiger partial charge in [0, 0.05) is 31.0 Å². The molecule has 25 heavy (non-hydrogen) atoms. The van der Waals surface area contributed by atoms with E-state index in [1.165, 1.54) is 0 Å². The van der Waals surface area contributed by atoms with Crippen LogP contribution in [0.1, 0.15) is 43.5 Å². The Hall–Kier alpha value is -1.46. The summed E-state index contributed by atoms with van der Waals surface area (Å²) in [6, 6.07) is 3.17. The monoisotopic (exact) mass is 385 g/mol. The summed E-state index contributed by atoms with van der Waals surface area (Å²) in [5.41, 5.74) is -0.182. The molecule has 2 heterocycles. The van der Waals surface area contributed by atoms with E-state index in [1.807, 2.05) is 13.8 Å². The van der Waals surface area contributed by atoms with Crippen molar-refractivity contribution >= 4 is 35.1 Å². The van der Waals surface area contributed by atoms with Gasteiger partial charge in [0.15, 0.2) is 5.78 Å². The summed E-state index contributed by atoms with van der Waals surface area (Å²) >= 11 is 12.2. The molecule has 0 saturated carbocycles. The number of likely N-dealkylation sites (tertiary alicyclic amines) is 1. The zero-order valence-corrected chi connectivity index (χ0v) is 15.8. The van der Waals surface area contributed by atoms with Crippen LogP contribution in [0.2, 0.25) is 10.0 Å². The third-order valence-corrected chi connectivity index (χ3v) is 5.08. The smallest absolute Gasteiger partial charge is 0.409 e. The largest absolute Gasteiger partial charge is 0.484 e. The molecule has 2 aliphatic rings. The SMILES string of the molecule is CC(C)COC(=O)N1CCC2(CC1)CC(=O)c1cc(Cl)cc(Cl)c1O2. The van der Waals surface area contributed by atoms with Crippen LogP contribution in [0.5, 0.6) is 5.75 Å². The highest BCUT2D eigenvalue weighted by molar-refractivity contribution is 6.36. The molecule has 1 spiro atoms. The van der Waals surface area contributed by atoms with Gasteiger partial charge in [0.1, 0.15) is 11.4 Å². The number of Topliss-reactive ketones (excluding diaryl/α,β-unsaturated/α-hetero) is 1. The average molecular weight is 386 g/mol. The van der Waals surface area contributed by atoms with Crippen LogP contribution in [0.3, 0.4) is 0 Å². The van der Waals surface area contributed by atoms with Gasteiger partial charge in [0.2, 0.25) is 0 Å². The van der Waals surface area contributed by atoms with Crippen LogP contribution >= 0.6 is 23.2 Å². The Morgan fingerprint density at radius 3 is 2.64 bits per heavy atom. The number of amides is 1. The number of rotatable bonds is 2. The average Bonchev–Trinajstić information content (AvgIpc) is 2.55. The Morgan fingerprint density at radius 2 is 2.00 bits per heavy atom. The third kappa shape index (κ3) is 3.87. The van der Waals surface area contributed by atoms with E-state index in [-0.39, 0.29) is 18.3 Å². The van der Waals surface area contributed by atoms with E-state index in [0.717, 1.165) is 0 Å². The molecule has 1 aromatic carbocycles. The van der Waals surface area contributed by atoms with Crippen LogP contribution in [0.25, 0.3) is 0 Å². The first kappa shape index (κ1) is 18.3. The second kappa shape index (κ2) is 7.04. The first-order chi connectivity index (χ1) is 11.8. The second-order valence-corrected chi connectivity index (χ2v) is 7.95. The predicted octanol–water partition coefficient (Wildman–Crippen LogP) is 4.59. The lowest BCUT2D eigenvalue weighted by atomic mass is 9.82. The van der Waals surface area contributed by atoms with E-state index in [4.69, 9.17) is 32.7 Å². The van der Waals surface area contributed by atoms with Crippen LogP contribution in [0, 0.1) is 5.92 Å². The molecule has 136 valence electrons. The molecule has 1 aromatic rings. The Kier molecular flexibility index (Phi) is 5.16. The molecule has 3 rings (SSSR count). The summed E-state index contributed by atoms with van der Waals surface area (Å²) in [6.07, 6.45) is 1.09. The van der Waals surface area contributed by atoms with Gasteiger partial charge in [-0.3, -0.25) is 4.79 Å². The molecule has 0 atom stereocenters. The van der Waals surface area contributed by atoms with E-state index < -0.39 is 5.60 Å². The number of ether oxygens (including phenoxy) is 2. The van der Waals surface area contributed by atoms with Crippen molar-refractivity contribution in [3.05, 3.63) is 27.7 Å². The van der Waals surface area contributed by atoms with Gasteiger partial charge < -0.3 is 14.4 Å². The number of piperidine rings is 1. The molecule has 1 amide bonds. The van der Waals surface area contributed by atoms with Crippen LogP contribution in [0.4, 0.5) is 4.79 Å². The zero-order valence-electron chi connectivity index (χ0n) is 14.3. The first-order valence-electron chi connectivity index (χ1n) is 8.43. The van der Waals surface area contributed by atoms with Crippen molar-refractivity contribution in [2.45, 2.75) is 38.7 Å². The van der Waals surface area contributed by atoms with Gasteiger partial charge in [-0.2, -0.15) is 0 Å². The molecule has 0 aromatic heterocycles. The molecule has 1 fully saturated rings. The molecule has 0 radical (unpaired) electrons. The maximum absolute atomic E-state index is 12.6. The molecule has 7 heteroatoms. The number of benzene rings is 1. The minimum Gasteiger partial charge on any atom is -0.484 e. The Labute approximate surface area is 157 Å². The lowest BCUT2D eigenvalue weighted by molar-refractivity contribution is -0.00995. The van der Waals surface area contributed by atoms with Crippen molar-refractivity contribution < 1.29 is 19.1 Å². The fourth-order valence-corrected chi connectivity index (χ4v) is 3.75. The van der Waals surface area contributed by atoms with Crippen LogP contribution in [-0.2, 0) is 4.74 Å². The number of nitrogens with zero attached hydrogens (tertiary/aromatic N) is 1. The van der Waals surface area contributed by atoms with Crippen molar-refractivity contribution in [3.8, 4) is 5.75 Å². The molecular formula is C18H21Cl2NO4. The van der Waals surface area contributed by atoms with E-state index in [2.05, 4.69) is 0 Å². The summed E-state index contributed by atoms with van der Waals surface area (Å²) in [7, 11) is 0. The lowest BCUT2D eigenvalue weighted by Crippen LogP contribution is -2.52. The molecule has 2 aliphatic heterocycles. The fraction of sp³-hybridized carbons (Fsp3) is 0.556. The van der Waals surface area contributed by atoms with E-state index >= 15 is 0 Å². The molecule has 1 saturated heterocycles. The van der Waals surface area contributed by atoms with Crippen LogP contribution < -0.4 is 4.74 Å². The maximum Gasteiger partial charge on any atom is 0.409 e. The summed E-state index contributed by atoms with van der Waals surface area (Å²) < 4.78 is 11.4. The maximum atomic E-state index is 12.6. The van der Waals surface area contributed by atoms with E-state index in [9.17, 15) is 9.59 Å². The quantitative estimate of drug-likeness (QED) is 0.746. The summed E-state index contributed by atoms with van der Waals surface area (Å²) in [5, 5.41) is 0.757. The molecule has 0 bridgehead atoms. The molecule has 0 aliphatic carbocycles. The normalized spacial score (nSPS) is 18.9. The second-order valence-electron chi connectivity index (χ2n) is 7.11. The van der Waals surface area contributed by atoms with Gasteiger partial charge in [-0.05, 0) is 18.1 Å². The minimum atomic E-state index is -0.615. The van der Waals surface area contributed by atoms with Crippen molar-refractivity contribution in [3.63, 3.8) is 0 Å². The number of hydrogen-bond donors (Lipinski definition) is 0. The van der Waals surface area contributed by atoms with Gasteiger partial charge in [-0.15, -0.1) is 0 Å². The number of carbonyl (C=O) groups excluding carboxylic acids is 2. The standard InChI is InChI=1S/C18H21Cl2NO4/c1-11(2)10-24-17(23)21-5-3-18(4-6-21)9-15(22)13-7-12(19)8-14(20)16(13)25-18/h7-8,11H,3-6,9-10H2,1-2H3. The highest BCUT2D eigenvalue weighted by Gasteiger charge is 2.44. The Balaban J connectivity index is 1.69. The van der Waals surface area contributed by atoms with Gasteiger partial charge in [-0.1, -0.05) is 37.0 Å². The number of halogens is 2. The molecule has 0 N–H and O–H groups in total. The Morgan fingerprint density at radius 1 is 1.32 bits per heavy atom. The van der Waals surface area contributed by atoms with Gasteiger partial charge >= 0.3 is 6.09 Å². The minimum absolute atomic E-state index is 0.0264. The van der Waals surface area contributed by atoms with Crippen molar-refractivity contribution in [1.82, 2.24) is 4.90 Å². The van der Waals surface area contributed by atoms with Crippen molar-refractivity contribution in [2.75, 3.05) is 19.7 Å². The summed E-state index contributed by atoms with van der Waals surface area (Å²) in [4.78, 5) is 26.3. The molecule has 5 nitrogen and oxygen atoms in total. The number of ketones is 1. The van der Waals surface area contributed by atoms with Crippen LogP contribution in [-0.4, -0.2) is 42.1 Å². The number of hydrogen-bond acceptors (Lipinski definition) is 4. The van der Waals surface area contributed by atoms with Crippen LogP contribution in [0.15, 0.2) is 12.1 Å². The fourth-order valence-electron chi connectivity index (χ4n) is 3.22. The van der Waals surface area contributed by atoms with E-state index in [1.54, 1.807) is 17.0 Å².